The van der Waals surface area contributed by atoms with E-state index < -0.39 is 0 Å². The van der Waals surface area contributed by atoms with Crippen molar-refractivity contribution >= 4 is 28.3 Å². The third-order valence-corrected chi connectivity index (χ3v) is 5.80. The molecule has 0 unspecified atom stereocenters. The monoisotopic (exact) mass is 335 g/mol. The van der Waals surface area contributed by atoms with E-state index in [0.717, 1.165) is 49.1 Å². The van der Waals surface area contributed by atoms with E-state index in [4.69, 9.17) is 0 Å². The number of carbonyl (C=O) groups excluding carboxylic acids is 2. The zero-order valence-corrected chi connectivity index (χ0v) is 14.7. The maximum absolute atomic E-state index is 12.6. The molecule has 1 aromatic heterocycles. The lowest BCUT2D eigenvalue weighted by Gasteiger charge is -2.34. The Morgan fingerprint density at radius 1 is 1.17 bits per heavy atom. The highest BCUT2D eigenvalue weighted by molar-refractivity contribution is 7.15. The molecule has 2 amide bonds. The molecule has 1 heterocycles. The first-order chi connectivity index (χ1) is 11.0. The third-order valence-electron chi connectivity index (χ3n) is 4.81. The quantitative estimate of drug-likeness (QED) is 0.898. The van der Waals surface area contributed by atoms with Gasteiger partial charge in [0.15, 0.2) is 5.13 Å². The lowest BCUT2D eigenvalue weighted by Crippen LogP contribution is -2.46. The minimum atomic E-state index is -0.127. The molecule has 2 aliphatic carbocycles. The van der Waals surface area contributed by atoms with Crippen LogP contribution < -0.4 is 5.32 Å². The second kappa shape index (κ2) is 6.99. The average molecular weight is 335 g/mol. The summed E-state index contributed by atoms with van der Waals surface area (Å²) in [6.07, 6.45) is 7.58. The molecule has 3 rings (SSSR count). The van der Waals surface area contributed by atoms with Crippen molar-refractivity contribution in [1.29, 1.82) is 0 Å². The summed E-state index contributed by atoms with van der Waals surface area (Å²) < 4.78 is 0. The molecule has 2 saturated carbocycles. The molecular weight excluding hydrogens is 310 g/mol. The van der Waals surface area contributed by atoms with Crippen LogP contribution in [-0.2, 0) is 9.59 Å². The van der Waals surface area contributed by atoms with E-state index in [-0.39, 0.29) is 30.3 Å². The smallest absolute Gasteiger partial charge is 0.245 e. The van der Waals surface area contributed by atoms with Gasteiger partial charge in [-0.05, 0) is 39.5 Å². The normalized spacial score (nSPS) is 18.7. The molecular formula is C17H25N3O2S. The Hall–Kier alpha value is -1.43. The Kier molecular flexibility index (Phi) is 4.99. The highest BCUT2D eigenvalue weighted by atomic mass is 32.1. The summed E-state index contributed by atoms with van der Waals surface area (Å²) in [5.74, 6) is 0.214. The van der Waals surface area contributed by atoms with Crippen LogP contribution in [0.15, 0.2) is 0 Å². The van der Waals surface area contributed by atoms with Gasteiger partial charge in [-0.25, -0.2) is 4.98 Å². The van der Waals surface area contributed by atoms with Gasteiger partial charge in [0.2, 0.25) is 11.8 Å². The van der Waals surface area contributed by atoms with Gasteiger partial charge >= 0.3 is 0 Å². The topological polar surface area (TPSA) is 62.3 Å². The highest BCUT2D eigenvalue weighted by Crippen LogP contribution is 2.33. The number of aromatic nitrogens is 1. The summed E-state index contributed by atoms with van der Waals surface area (Å²) in [6, 6.07) is 0.238. The SMILES string of the molecule is Cc1nc(NC(=O)CN(C(=O)C2CC2)C2CCCCC2)sc1C. The number of rotatable bonds is 5. The number of anilines is 1. The van der Waals surface area contributed by atoms with Crippen LogP contribution >= 0.6 is 11.3 Å². The maximum Gasteiger partial charge on any atom is 0.245 e. The van der Waals surface area contributed by atoms with Gasteiger partial charge in [-0.2, -0.15) is 0 Å². The molecule has 0 bridgehead atoms. The van der Waals surface area contributed by atoms with Crippen molar-refractivity contribution < 1.29 is 9.59 Å². The van der Waals surface area contributed by atoms with E-state index in [0.29, 0.717) is 5.13 Å². The van der Waals surface area contributed by atoms with E-state index in [1.165, 1.54) is 17.8 Å². The molecule has 23 heavy (non-hydrogen) atoms. The van der Waals surface area contributed by atoms with Gasteiger partial charge in [0, 0.05) is 16.8 Å². The Morgan fingerprint density at radius 2 is 1.87 bits per heavy atom. The van der Waals surface area contributed by atoms with Crippen LogP contribution in [-0.4, -0.2) is 34.3 Å². The third kappa shape index (κ3) is 4.10. The van der Waals surface area contributed by atoms with Crippen LogP contribution in [0.5, 0.6) is 0 Å². The van der Waals surface area contributed by atoms with Crippen LogP contribution in [0.3, 0.4) is 0 Å². The number of thiazole rings is 1. The van der Waals surface area contributed by atoms with Gasteiger partial charge in [-0.1, -0.05) is 19.3 Å². The Labute approximate surface area is 141 Å². The van der Waals surface area contributed by atoms with Crippen LogP contribution in [0.4, 0.5) is 5.13 Å². The lowest BCUT2D eigenvalue weighted by molar-refractivity contribution is -0.138. The van der Waals surface area contributed by atoms with E-state index >= 15 is 0 Å². The van der Waals surface area contributed by atoms with Gasteiger partial charge in [-0.3, -0.25) is 9.59 Å². The first-order valence-electron chi connectivity index (χ1n) is 8.59. The number of amides is 2. The van der Waals surface area contributed by atoms with Gasteiger partial charge in [0.05, 0.1) is 5.69 Å². The number of carbonyl (C=O) groups is 2. The van der Waals surface area contributed by atoms with Crippen molar-refractivity contribution in [3.8, 4) is 0 Å². The van der Waals surface area contributed by atoms with Crippen LogP contribution in [0.2, 0.25) is 0 Å². The standard InChI is InChI=1S/C17H25N3O2S/c1-11-12(2)23-17(18-11)19-15(21)10-20(16(22)13-8-9-13)14-6-4-3-5-7-14/h13-14H,3-10H2,1-2H3,(H,18,19,21). The molecule has 2 aliphatic rings. The zero-order valence-electron chi connectivity index (χ0n) is 13.9. The van der Waals surface area contributed by atoms with Gasteiger partial charge in [0.25, 0.3) is 0 Å². The van der Waals surface area contributed by atoms with Crippen molar-refractivity contribution in [2.75, 3.05) is 11.9 Å². The summed E-state index contributed by atoms with van der Waals surface area (Å²) >= 11 is 1.49. The minimum absolute atomic E-state index is 0.127. The molecule has 0 saturated heterocycles. The molecule has 1 N–H and O–H groups in total. The van der Waals surface area contributed by atoms with Crippen LogP contribution in [0.1, 0.15) is 55.5 Å². The molecule has 0 aromatic carbocycles. The predicted octanol–water partition coefficient (Wildman–Crippen LogP) is 3.27. The molecule has 0 atom stereocenters. The van der Waals surface area contributed by atoms with E-state index in [1.54, 1.807) is 0 Å². The van der Waals surface area contributed by atoms with Crippen molar-refractivity contribution in [2.24, 2.45) is 5.92 Å². The number of hydrogen-bond acceptors (Lipinski definition) is 4. The van der Waals surface area contributed by atoms with Gasteiger partial charge < -0.3 is 10.2 Å². The van der Waals surface area contributed by atoms with Crippen molar-refractivity contribution in [2.45, 2.75) is 64.8 Å². The summed E-state index contributed by atoms with van der Waals surface area (Å²) in [7, 11) is 0. The second-order valence-electron chi connectivity index (χ2n) is 6.74. The van der Waals surface area contributed by atoms with Gasteiger partial charge in [0.1, 0.15) is 6.54 Å². The minimum Gasteiger partial charge on any atom is -0.330 e. The van der Waals surface area contributed by atoms with Crippen molar-refractivity contribution in [1.82, 2.24) is 9.88 Å². The Morgan fingerprint density at radius 3 is 2.43 bits per heavy atom. The Bertz CT molecular complexity index is 569. The number of nitrogens with one attached hydrogen (secondary N) is 1. The largest absolute Gasteiger partial charge is 0.330 e. The van der Waals surface area contributed by atoms with Crippen LogP contribution in [0, 0.1) is 19.8 Å². The summed E-state index contributed by atoms with van der Waals surface area (Å²) in [5.41, 5.74) is 0.948. The molecule has 5 nitrogen and oxygen atoms in total. The number of hydrogen-bond donors (Lipinski definition) is 1. The first-order valence-corrected chi connectivity index (χ1v) is 9.40. The fraction of sp³-hybridized carbons (Fsp3) is 0.706. The second-order valence-corrected chi connectivity index (χ2v) is 7.94. The van der Waals surface area contributed by atoms with Gasteiger partial charge in [-0.15, -0.1) is 11.3 Å². The van der Waals surface area contributed by atoms with Crippen molar-refractivity contribution in [3.63, 3.8) is 0 Å². The van der Waals surface area contributed by atoms with Crippen LogP contribution in [0.25, 0.3) is 0 Å². The predicted molar refractivity (Wildman–Crippen MR) is 91.5 cm³/mol. The Balaban J connectivity index is 1.64. The fourth-order valence-electron chi connectivity index (χ4n) is 3.18. The summed E-state index contributed by atoms with van der Waals surface area (Å²) in [6.45, 7) is 4.09. The molecule has 0 spiro atoms. The molecule has 0 aliphatic heterocycles. The number of aryl methyl sites for hydroxylation is 2. The van der Waals surface area contributed by atoms with Crippen molar-refractivity contribution in [3.05, 3.63) is 10.6 Å². The summed E-state index contributed by atoms with van der Waals surface area (Å²) in [4.78, 5) is 32.3. The molecule has 1 aromatic rings. The average Bonchev–Trinajstić information content (AvgIpc) is 3.33. The molecule has 2 fully saturated rings. The fourth-order valence-corrected chi connectivity index (χ4v) is 4.01. The van der Waals surface area contributed by atoms with E-state index in [1.807, 2.05) is 18.7 Å². The molecule has 0 radical (unpaired) electrons. The molecule has 126 valence electrons. The van der Waals surface area contributed by atoms with E-state index in [9.17, 15) is 9.59 Å². The van der Waals surface area contributed by atoms with E-state index in [2.05, 4.69) is 10.3 Å². The first kappa shape index (κ1) is 16.4. The number of nitrogens with zero attached hydrogens (tertiary/aromatic N) is 2. The lowest BCUT2D eigenvalue weighted by atomic mass is 9.94. The maximum atomic E-state index is 12.6. The highest BCUT2D eigenvalue weighted by Gasteiger charge is 2.37. The molecule has 6 heteroatoms. The zero-order chi connectivity index (χ0) is 16.4. The summed E-state index contributed by atoms with van der Waals surface area (Å²) in [5, 5.41) is 3.49.